The molecule has 0 radical (unpaired) electrons. The Bertz CT molecular complexity index is 1020. The minimum Gasteiger partial charge on any atom is -0.494 e. The molecule has 0 aliphatic heterocycles. The van der Waals surface area contributed by atoms with E-state index in [0.717, 1.165) is 42.0 Å². The van der Waals surface area contributed by atoms with E-state index in [1.165, 1.54) is 31.1 Å². The Morgan fingerprint density at radius 3 is 2.50 bits per heavy atom. The van der Waals surface area contributed by atoms with E-state index in [0.29, 0.717) is 11.7 Å². The fraction of sp³-hybridized carbons (Fsp3) is 0.333. The smallest absolute Gasteiger partial charge is 0.170 e. The summed E-state index contributed by atoms with van der Waals surface area (Å²) >= 11 is 10.3. The summed E-state index contributed by atoms with van der Waals surface area (Å²) in [5, 5.41) is 11.6. The number of H-pyrrole nitrogens is 1. The normalized spacial score (nSPS) is 10.6. The number of hydrogen-bond donors (Lipinski definition) is 5. The first-order valence-corrected chi connectivity index (χ1v) is 11.8. The zero-order chi connectivity index (χ0) is 22.6. The summed E-state index contributed by atoms with van der Waals surface area (Å²) < 4.78 is 5.81. The molecule has 8 heteroatoms. The summed E-state index contributed by atoms with van der Waals surface area (Å²) in [6, 6.07) is 15.9. The molecular formula is C24H31N5OS2. The lowest BCUT2D eigenvalue weighted by molar-refractivity contribution is 0.304. The first kappa shape index (κ1) is 23.8. The van der Waals surface area contributed by atoms with E-state index in [1.54, 1.807) is 0 Å². The zero-order valence-electron chi connectivity index (χ0n) is 18.2. The summed E-state index contributed by atoms with van der Waals surface area (Å²) in [6.45, 7) is 1.60. The standard InChI is InChI=1S/C24H31N5OS2/c25-23(31)28-19-8-7-9-21(17-19)30-15-6-4-2-1-3-5-13-27-24(32)29-20-10-11-22-18(16-20)12-14-26-22/h7-12,14,16-17,26H,1-6,13,15H2,(H3,25,28,31)(H2,27,29,32). The molecule has 1 heterocycles. The molecule has 0 unspecified atom stereocenters. The molecule has 1 aromatic heterocycles. The molecular weight excluding hydrogens is 438 g/mol. The van der Waals surface area contributed by atoms with Crippen LogP contribution in [0.3, 0.4) is 0 Å². The summed E-state index contributed by atoms with van der Waals surface area (Å²) in [5.41, 5.74) is 8.47. The van der Waals surface area contributed by atoms with E-state index in [2.05, 4.69) is 39.1 Å². The molecule has 0 aliphatic rings. The lowest BCUT2D eigenvalue weighted by atomic mass is 10.1. The van der Waals surface area contributed by atoms with Crippen molar-refractivity contribution < 1.29 is 4.74 Å². The van der Waals surface area contributed by atoms with Crippen LogP contribution in [-0.4, -0.2) is 28.4 Å². The van der Waals surface area contributed by atoms with Gasteiger partial charge in [-0.2, -0.15) is 0 Å². The molecule has 3 rings (SSSR count). The van der Waals surface area contributed by atoms with Crippen molar-refractivity contribution in [1.29, 1.82) is 0 Å². The number of aromatic nitrogens is 1. The predicted octanol–water partition coefficient (Wildman–Crippen LogP) is 5.53. The average Bonchev–Trinajstić information content (AvgIpc) is 3.23. The quantitative estimate of drug-likeness (QED) is 0.176. The molecule has 6 N–H and O–H groups in total. The minimum atomic E-state index is 0.255. The Morgan fingerprint density at radius 1 is 0.875 bits per heavy atom. The second-order valence-electron chi connectivity index (χ2n) is 7.65. The molecule has 0 saturated heterocycles. The number of benzene rings is 2. The summed E-state index contributed by atoms with van der Waals surface area (Å²) in [5.74, 6) is 0.829. The van der Waals surface area contributed by atoms with Gasteiger partial charge in [-0.1, -0.05) is 31.7 Å². The van der Waals surface area contributed by atoms with Gasteiger partial charge in [-0.3, -0.25) is 0 Å². The van der Waals surface area contributed by atoms with Gasteiger partial charge in [0.25, 0.3) is 0 Å². The monoisotopic (exact) mass is 469 g/mol. The van der Waals surface area contributed by atoms with Crippen LogP contribution < -0.4 is 26.4 Å². The van der Waals surface area contributed by atoms with Crippen molar-refractivity contribution >= 4 is 56.9 Å². The first-order chi connectivity index (χ1) is 15.6. The van der Waals surface area contributed by atoms with Crippen molar-refractivity contribution in [3.8, 4) is 5.75 Å². The summed E-state index contributed by atoms with van der Waals surface area (Å²) in [6.07, 6.45) is 8.89. The van der Waals surface area contributed by atoms with Crippen molar-refractivity contribution in [2.45, 2.75) is 38.5 Å². The highest BCUT2D eigenvalue weighted by atomic mass is 32.1. The highest BCUT2D eigenvalue weighted by Crippen LogP contribution is 2.18. The fourth-order valence-corrected chi connectivity index (χ4v) is 3.78. The summed E-state index contributed by atoms with van der Waals surface area (Å²) in [7, 11) is 0. The maximum Gasteiger partial charge on any atom is 0.170 e. The van der Waals surface area contributed by atoms with Crippen LogP contribution in [0.25, 0.3) is 10.9 Å². The largest absolute Gasteiger partial charge is 0.494 e. The third kappa shape index (κ3) is 8.36. The molecule has 2 aromatic carbocycles. The van der Waals surface area contributed by atoms with Gasteiger partial charge in [0.2, 0.25) is 0 Å². The van der Waals surface area contributed by atoms with Gasteiger partial charge >= 0.3 is 0 Å². The van der Waals surface area contributed by atoms with E-state index >= 15 is 0 Å². The zero-order valence-corrected chi connectivity index (χ0v) is 19.8. The topological polar surface area (TPSA) is 87.1 Å². The van der Waals surface area contributed by atoms with Crippen molar-refractivity contribution in [1.82, 2.24) is 10.3 Å². The van der Waals surface area contributed by atoms with Crippen LogP contribution in [0.4, 0.5) is 11.4 Å². The van der Waals surface area contributed by atoms with Crippen molar-refractivity contribution in [2.75, 3.05) is 23.8 Å². The highest BCUT2D eigenvalue weighted by Gasteiger charge is 2.01. The minimum absolute atomic E-state index is 0.255. The molecule has 0 aliphatic carbocycles. The van der Waals surface area contributed by atoms with E-state index < -0.39 is 0 Å². The molecule has 3 aromatic rings. The van der Waals surface area contributed by atoms with E-state index in [1.807, 2.05) is 36.5 Å². The number of anilines is 2. The number of ether oxygens (including phenoxy) is 1. The second kappa shape index (κ2) is 12.9. The molecule has 0 spiro atoms. The Morgan fingerprint density at radius 2 is 1.66 bits per heavy atom. The predicted molar refractivity (Wildman–Crippen MR) is 143 cm³/mol. The molecule has 0 saturated carbocycles. The summed E-state index contributed by atoms with van der Waals surface area (Å²) in [4.78, 5) is 3.19. The van der Waals surface area contributed by atoms with Gasteiger partial charge in [-0.15, -0.1) is 0 Å². The van der Waals surface area contributed by atoms with Gasteiger partial charge in [0.1, 0.15) is 5.75 Å². The van der Waals surface area contributed by atoms with E-state index in [-0.39, 0.29) is 5.11 Å². The third-order valence-electron chi connectivity index (χ3n) is 5.04. The van der Waals surface area contributed by atoms with E-state index in [4.69, 9.17) is 34.9 Å². The van der Waals surface area contributed by atoms with Crippen LogP contribution in [-0.2, 0) is 0 Å². The maximum atomic E-state index is 5.81. The number of hydrogen-bond acceptors (Lipinski definition) is 3. The number of fused-ring (bicyclic) bond motifs is 1. The number of nitrogens with one attached hydrogen (secondary N) is 4. The Balaban J connectivity index is 1.18. The molecule has 32 heavy (non-hydrogen) atoms. The van der Waals surface area contributed by atoms with Crippen LogP contribution >= 0.6 is 24.4 Å². The SMILES string of the molecule is NC(=S)Nc1cccc(OCCCCCCCCNC(=S)Nc2ccc3[nH]ccc3c2)c1. The number of nitrogens with two attached hydrogens (primary N) is 1. The van der Waals surface area contributed by atoms with Crippen molar-refractivity contribution in [2.24, 2.45) is 5.73 Å². The maximum absolute atomic E-state index is 5.81. The van der Waals surface area contributed by atoms with Gasteiger partial charge in [-0.25, -0.2) is 0 Å². The van der Waals surface area contributed by atoms with Crippen LogP contribution in [0, 0.1) is 0 Å². The van der Waals surface area contributed by atoms with Crippen LogP contribution in [0.1, 0.15) is 38.5 Å². The molecule has 0 amide bonds. The van der Waals surface area contributed by atoms with Gasteiger partial charge in [0.05, 0.1) is 6.61 Å². The van der Waals surface area contributed by atoms with Crippen molar-refractivity contribution in [3.05, 3.63) is 54.7 Å². The lowest BCUT2D eigenvalue weighted by Crippen LogP contribution is -2.29. The molecule has 0 fully saturated rings. The molecule has 6 nitrogen and oxygen atoms in total. The van der Waals surface area contributed by atoms with Crippen LogP contribution in [0.15, 0.2) is 54.7 Å². The highest BCUT2D eigenvalue weighted by molar-refractivity contribution is 7.80. The van der Waals surface area contributed by atoms with Gasteiger partial charge in [-0.05, 0) is 73.7 Å². The molecule has 0 atom stereocenters. The lowest BCUT2D eigenvalue weighted by Gasteiger charge is -2.11. The number of unbranched alkanes of at least 4 members (excludes halogenated alkanes) is 5. The fourth-order valence-electron chi connectivity index (χ4n) is 3.44. The molecule has 0 bridgehead atoms. The Hall–Kier alpha value is -2.84. The Kier molecular flexibility index (Phi) is 9.59. The Labute approximate surface area is 200 Å². The average molecular weight is 470 g/mol. The number of thiocarbonyl (C=S) groups is 2. The number of rotatable bonds is 12. The van der Waals surface area contributed by atoms with Gasteiger partial charge in [0, 0.05) is 41.1 Å². The van der Waals surface area contributed by atoms with Crippen LogP contribution in [0.5, 0.6) is 5.75 Å². The van der Waals surface area contributed by atoms with E-state index in [9.17, 15) is 0 Å². The van der Waals surface area contributed by atoms with Gasteiger partial charge in [0.15, 0.2) is 10.2 Å². The molecule has 170 valence electrons. The van der Waals surface area contributed by atoms with Crippen LogP contribution in [0.2, 0.25) is 0 Å². The van der Waals surface area contributed by atoms with Gasteiger partial charge < -0.3 is 31.4 Å². The first-order valence-electron chi connectivity index (χ1n) is 11.0. The van der Waals surface area contributed by atoms with Crippen molar-refractivity contribution in [3.63, 3.8) is 0 Å². The second-order valence-corrected chi connectivity index (χ2v) is 8.50. The number of aromatic amines is 1. The third-order valence-corrected chi connectivity index (χ3v) is 5.39.